The largest absolute Gasteiger partial charge is 0.355 e. The molecule has 156 valence electrons. The summed E-state index contributed by atoms with van der Waals surface area (Å²) in [6, 6.07) is 17.4. The molecule has 0 spiro atoms. The number of rotatable bonds is 7. The quantitative estimate of drug-likeness (QED) is 0.655. The summed E-state index contributed by atoms with van der Waals surface area (Å²) in [7, 11) is -3.37. The molecule has 3 rings (SSSR count). The lowest BCUT2D eigenvalue weighted by Crippen LogP contribution is -2.43. The third kappa shape index (κ3) is 6.14. The van der Waals surface area contributed by atoms with Crippen LogP contribution in [0, 0.1) is 5.92 Å². The number of nitrogens with zero attached hydrogens (tertiary/aromatic N) is 1. The van der Waals surface area contributed by atoms with E-state index < -0.39 is 10.0 Å². The highest BCUT2D eigenvalue weighted by Gasteiger charge is 2.31. The fraction of sp³-hybridized carbons (Fsp3) is 0.409. The molecule has 2 aromatic rings. The summed E-state index contributed by atoms with van der Waals surface area (Å²) in [6.07, 6.45) is 1.12. The van der Waals surface area contributed by atoms with E-state index in [1.165, 1.54) is 9.87 Å². The van der Waals surface area contributed by atoms with E-state index in [-0.39, 0.29) is 23.5 Å². The van der Waals surface area contributed by atoms with Crippen molar-refractivity contribution in [3.05, 3.63) is 70.2 Å². The molecule has 0 aliphatic carbocycles. The molecule has 1 fully saturated rings. The zero-order chi connectivity index (χ0) is 20.9. The summed E-state index contributed by atoms with van der Waals surface area (Å²) >= 11 is 3.36. The Kier molecular flexibility index (Phi) is 7.49. The average molecular weight is 479 g/mol. The number of sulfonamides is 1. The maximum Gasteiger partial charge on any atom is 0.223 e. The van der Waals surface area contributed by atoms with Gasteiger partial charge in [0.2, 0.25) is 15.9 Å². The fourth-order valence-electron chi connectivity index (χ4n) is 3.58. The Labute approximate surface area is 181 Å². The lowest BCUT2D eigenvalue weighted by Gasteiger charge is -2.30. The molecular weight excluding hydrogens is 452 g/mol. The van der Waals surface area contributed by atoms with Crippen molar-refractivity contribution < 1.29 is 13.2 Å². The smallest absolute Gasteiger partial charge is 0.223 e. The van der Waals surface area contributed by atoms with Crippen molar-refractivity contribution in [1.29, 1.82) is 0 Å². The first-order chi connectivity index (χ1) is 13.8. The summed E-state index contributed by atoms with van der Waals surface area (Å²) in [5.74, 6) is 0.132. The lowest BCUT2D eigenvalue weighted by atomic mass is 9.96. The van der Waals surface area contributed by atoms with Crippen LogP contribution in [0.4, 0.5) is 0 Å². The summed E-state index contributed by atoms with van der Waals surface area (Å²) in [5, 5.41) is 3.04. The molecule has 1 atom stereocenters. The van der Waals surface area contributed by atoms with E-state index in [0.29, 0.717) is 32.5 Å². The zero-order valence-corrected chi connectivity index (χ0v) is 19.0. The van der Waals surface area contributed by atoms with Crippen molar-refractivity contribution in [2.24, 2.45) is 5.92 Å². The Morgan fingerprint density at radius 1 is 1.10 bits per heavy atom. The van der Waals surface area contributed by atoms with Gasteiger partial charge in [-0.05, 0) is 42.0 Å². The second-order valence-electron chi connectivity index (χ2n) is 7.61. The van der Waals surface area contributed by atoms with Crippen LogP contribution in [0.25, 0.3) is 0 Å². The Balaban J connectivity index is 1.47. The molecule has 29 heavy (non-hydrogen) atoms. The summed E-state index contributed by atoms with van der Waals surface area (Å²) in [4.78, 5) is 12.5. The van der Waals surface area contributed by atoms with Crippen molar-refractivity contribution in [3.8, 4) is 0 Å². The topological polar surface area (TPSA) is 66.5 Å². The zero-order valence-electron chi connectivity index (χ0n) is 16.6. The maximum absolute atomic E-state index is 12.7. The molecule has 0 aromatic heterocycles. The van der Waals surface area contributed by atoms with Crippen LogP contribution >= 0.6 is 15.9 Å². The minimum absolute atomic E-state index is 0.00820. The van der Waals surface area contributed by atoms with E-state index in [1.54, 1.807) is 0 Å². The summed E-state index contributed by atoms with van der Waals surface area (Å²) in [6.45, 7) is 3.47. The van der Waals surface area contributed by atoms with Crippen LogP contribution in [0.1, 0.15) is 36.8 Å². The number of carbonyl (C=O) groups is 1. The first kappa shape index (κ1) is 22.0. The van der Waals surface area contributed by atoms with E-state index in [1.807, 2.05) is 42.5 Å². The minimum Gasteiger partial charge on any atom is -0.355 e. The number of hydrogen-bond donors (Lipinski definition) is 1. The number of piperidine rings is 1. The molecule has 7 heteroatoms. The maximum atomic E-state index is 12.7. The molecule has 1 N–H and O–H groups in total. The van der Waals surface area contributed by atoms with Crippen LogP contribution in [0.5, 0.6) is 0 Å². The molecule has 1 saturated heterocycles. The van der Waals surface area contributed by atoms with Crippen molar-refractivity contribution in [3.63, 3.8) is 0 Å². The van der Waals surface area contributed by atoms with Gasteiger partial charge in [-0.25, -0.2) is 12.7 Å². The van der Waals surface area contributed by atoms with Crippen molar-refractivity contribution >= 4 is 31.9 Å². The van der Waals surface area contributed by atoms with Gasteiger partial charge in [0.1, 0.15) is 0 Å². The minimum atomic E-state index is -3.37. The van der Waals surface area contributed by atoms with Gasteiger partial charge in [0.05, 0.1) is 5.75 Å². The number of nitrogens with one attached hydrogen (secondary N) is 1. The highest BCUT2D eigenvalue weighted by atomic mass is 79.9. The molecular formula is C22H27BrN2O3S. The summed E-state index contributed by atoms with van der Waals surface area (Å²) < 4.78 is 27.8. The van der Waals surface area contributed by atoms with Gasteiger partial charge in [0.15, 0.2) is 0 Å². The lowest BCUT2D eigenvalue weighted by molar-refractivity contribution is -0.126. The molecule has 1 aliphatic heterocycles. The Bertz CT molecular complexity index is 909. The molecule has 0 bridgehead atoms. The van der Waals surface area contributed by atoms with Gasteiger partial charge in [0, 0.05) is 30.0 Å². The average Bonchev–Trinajstić information content (AvgIpc) is 2.74. The van der Waals surface area contributed by atoms with E-state index in [0.717, 1.165) is 10.0 Å². The van der Waals surface area contributed by atoms with Gasteiger partial charge >= 0.3 is 0 Å². The normalized spacial score (nSPS) is 17.0. The number of amides is 1. The fourth-order valence-corrected chi connectivity index (χ4v) is 5.40. The van der Waals surface area contributed by atoms with E-state index in [9.17, 15) is 13.2 Å². The van der Waals surface area contributed by atoms with Crippen molar-refractivity contribution in [2.75, 3.05) is 19.6 Å². The predicted octanol–water partition coefficient (Wildman–Crippen LogP) is 3.91. The van der Waals surface area contributed by atoms with Crippen LogP contribution in [-0.2, 0) is 20.6 Å². The SMILES string of the molecule is C[C@@H](CNC(=O)C1CCN(S(=O)(=O)Cc2ccc(Br)cc2)CC1)c1ccccc1. The second kappa shape index (κ2) is 9.87. The van der Waals surface area contributed by atoms with Crippen LogP contribution in [0.3, 0.4) is 0 Å². The van der Waals surface area contributed by atoms with Gasteiger partial charge < -0.3 is 5.32 Å². The third-order valence-electron chi connectivity index (χ3n) is 5.43. The first-order valence-electron chi connectivity index (χ1n) is 9.90. The first-order valence-corrected chi connectivity index (χ1v) is 12.3. The molecule has 0 saturated carbocycles. The Morgan fingerprint density at radius 3 is 2.34 bits per heavy atom. The van der Waals surface area contributed by atoms with E-state index in [2.05, 4.69) is 40.3 Å². The standard InChI is InChI=1S/C22H27BrN2O3S/c1-17(19-5-3-2-4-6-19)15-24-22(26)20-11-13-25(14-12-20)29(27,28)16-18-7-9-21(23)10-8-18/h2-10,17,20H,11-16H2,1H3,(H,24,26)/t17-/m0/s1. The second-order valence-corrected chi connectivity index (χ2v) is 10.5. The van der Waals surface area contributed by atoms with Gasteiger partial charge in [-0.2, -0.15) is 0 Å². The molecule has 0 unspecified atom stereocenters. The highest BCUT2D eigenvalue weighted by Crippen LogP contribution is 2.23. The van der Waals surface area contributed by atoms with Crippen LogP contribution in [0.2, 0.25) is 0 Å². The Morgan fingerprint density at radius 2 is 1.72 bits per heavy atom. The number of halogens is 1. The van der Waals surface area contributed by atoms with Gasteiger partial charge in [0.25, 0.3) is 0 Å². The van der Waals surface area contributed by atoms with E-state index in [4.69, 9.17) is 0 Å². The molecule has 0 radical (unpaired) electrons. The molecule has 2 aromatic carbocycles. The summed E-state index contributed by atoms with van der Waals surface area (Å²) in [5.41, 5.74) is 1.96. The van der Waals surface area contributed by atoms with Crippen LogP contribution in [0.15, 0.2) is 59.1 Å². The van der Waals surface area contributed by atoms with Crippen molar-refractivity contribution in [2.45, 2.75) is 31.4 Å². The third-order valence-corrected chi connectivity index (χ3v) is 7.81. The molecule has 1 aliphatic rings. The van der Waals surface area contributed by atoms with Gasteiger partial charge in [-0.3, -0.25) is 4.79 Å². The van der Waals surface area contributed by atoms with E-state index >= 15 is 0 Å². The molecule has 1 amide bonds. The monoisotopic (exact) mass is 478 g/mol. The van der Waals surface area contributed by atoms with Gasteiger partial charge in [-0.15, -0.1) is 0 Å². The van der Waals surface area contributed by atoms with Crippen LogP contribution in [-0.4, -0.2) is 38.3 Å². The molecule has 5 nitrogen and oxygen atoms in total. The van der Waals surface area contributed by atoms with Crippen LogP contribution < -0.4 is 5.32 Å². The number of carbonyl (C=O) groups excluding carboxylic acids is 1. The van der Waals surface area contributed by atoms with Gasteiger partial charge in [-0.1, -0.05) is 65.3 Å². The predicted molar refractivity (Wildman–Crippen MR) is 119 cm³/mol. The number of hydrogen-bond acceptors (Lipinski definition) is 3. The van der Waals surface area contributed by atoms with Crippen molar-refractivity contribution in [1.82, 2.24) is 9.62 Å². The molecule has 1 heterocycles. The highest BCUT2D eigenvalue weighted by molar-refractivity contribution is 9.10. The Hall–Kier alpha value is -1.70. The number of benzene rings is 2.